The molecule has 3 atom stereocenters. The van der Waals surface area contributed by atoms with Crippen LogP contribution in [0.25, 0.3) is 0 Å². The van der Waals surface area contributed by atoms with Crippen LogP contribution >= 0.6 is 0 Å². The molecule has 1 heterocycles. The van der Waals surface area contributed by atoms with Gasteiger partial charge in [-0.15, -0.1) is 0 Å². The fourth-order valence-corrected chi connectivity index (χ4v) is 4.71. The molecule has 0 aromatic heterocycles. The quantitative estimate of drug-likeness (QED) is 0.377. The minimum absolute atomic E-state index is 0.00507. The first-order valence-electron chi connectivity index (χ1n) is 14.2. The Hall–Kier alpha value is -3.59. The maximum absolute atomic E-state index is 13.7. The van der Waals surface area contributed by atoms with Crippen LogP contribution in [0.1, 0.15) is 64.0 Å². The van der Waals surface area contributed by atoms with E-state index in [1.165, 1.54) is 5.56 Å². The highest BCUT2D eigenvalue weighted by Gasteiger charge is 2.32. The molecular weight excluding hydrogens is 508 g/mol. The Labute approximate surface area is 238 Å². The first-order valence-corrected chi connectivity index (χ1v) is 14.2. The van der Waals surface area contributed by atoms with Crippen LogP contribution in [0.5, 0.6) is 0 Å². The monoisotopic (exact) mass is 552 g/mol. The zero-order valence-corrected chi connectivity index (χ0v) is 24.2. The number of alkyl carbamates (subject to hydrolysis) is 2. The summed E-state index contributed by atoms with van der Waals surface area (Å²) < 4.78 is 10.7. The second kappa shape index (κ2) is 15.3. The maximum atomic E-state index is 13.7. The third-order valence-electron chi connectivity index (χ3n) is 6.81. The molecule has 9 nitrogen and oxygen atoms in total. The number of benzene rings is 2. The number of amides is 3. The van der Waals surface area contributed by atoms with E-state index in [0.717, 1.165) is 12.0 Å². The Morgan fingerprint density at radius 1 is 1.02 bits per heavy atom. The summed E-state index contributed by atoms with van der Waals surface area (Å²) in [5, 5.41) is 9.02. The molecular formula is C31H44N4O5. The van der Waals surface area contributed by atoms with Crippen molar-refractivity contribution < 1.29 is 23.9 Å². The van der Waals surface area contributed by atoms with Crippen LogP contribution in [0.4, 0.5) is 9.59 Å². The lowest BCUT2D eigenvalue weighted by Gasteiger charge is -2.28. The zero-order valence-electron chi connectivity index (χ0n) is 24.2. The molecule has 0 aliphatic carbocycles. The van der Waals surface area contributed by atoms with Gasteiger partial charge in [-0.2, -0.15) is 0 Å². The number of ether oxygens (including phenoxy) is 2. The van der Waals surface area contributed by atoms with Crippen LogP contribution < -0.4 is 16.0 Å². The molecule has 1 aliphatic rings. The summed E-state index contributed by atoms with van der Waals surface area (Å²) in [5.41, 5.74) is 1.51. The number of rotatable bonds is 11. The normalized spacial score (nSPS) is 18.4. The van der Waals surface area contributed by atoms with E-state index in [1.54, 1.807) is 20.8 Å². The van der Waals surface area contributed by atoms with Crippen molar-refractivity contribution in [1.29, 1.82) is 0 Å². The third kappa shape index (κ3) is 10.5. The second-order valence-corrected chi connectivity index (χ2v) is 11.2. The lowest BCUT2D eigenvalue weighted by Crippen LogP contribution is -2.50. The Kier molecular flexibility index (Phi) is 11.8. The minimum atomic E-state index is -0.601. The Morgan fingerprint density at radius 3 is 2.35 bits per heavy atom. The number of carbonyl (C=O) groups excluding carboxylic acids is 3. The van der Waals surface area contributed by atoms with E-state index in [2.05, 4.69) is 35.0 Å². The maximum Gasteiger partial charge on any atom is 0.407 e. The Bertz CT molecular complexity index is 1070. The highest BCUT2D eigenvalue weighted by molar-refractivity contribution is 5.82. The molecule has 1 fully saturated rings. The average molecular weight is 553 g/mol. The van der Waals surface area contributed by atoms with Gasteiger partial charge in [0.2, 0.25) is 5.91 Å². The number of nitrogens with zero attached hydrogens (tertiary/aromatic N) is 1. The number of hydrogen-bond donors (Lipinski definition) is 3. The van der Waals surface area contributed by atoms with Gasteiger partial charge in [0.15, 0.2) is 0 Å². The third-order valence-corrected chi connectivity index (χ3v) is 6.81. The molecule has 0 spiro atoms. The first kappa shape index (κ1) is 30.9. The van der Waals surface area contributed by atoms with E-state index < -0.39 is 23.8 Å². The van der Waals surface area contributed by atoms with Crippen molar-refractivity contribution in [3.63, 3.8) is 0 Å². The molecule has 2 aromatic rings. The van der Waals surface area contributed by atoms with Gasteiger partial charge in [-0.05, 0) is 51.2 Å². The van der Waals surface area contributed by atoms with Crippen molar-refractivity contribution >= 4 is 18.1 Å². The summed E-state index contributed by atoms with van der Waals surface area (Å²) in [6.07, 6.45) is 0.957. The molecule has 2 aromatic carbocycles. The van der Waals surface area contributed by atoms with Crippen molar-refractivity contribution in [2.75, 3.05) is 26.2 Å². The van der Waals surface area contributed by atoms with Crippen LogP contribution in [0.15, 0.2) is 60.7 Å². The molecule has 3 amide bonds. The molecule has 3 N–H and O–H groups in total. The highest BCUT2D eigenvalue weighted by atomic mass is 16.6. The fraction of sp³-hybridized carbons (Fsp3) is 0.516. The summed E-state index contributed by atoms with van der Waals surface area (Å²) in [7, 11) is 0. The smallest absolute Gasteiger partial charge is 0.407 e. The molecule has 1 aliphatic heterocycles. The standard InChI is InChI=1S/C31H44N4O5/c1-5-24(25-14-10-7-11-15-25)21-35-19-17-26(20-33-29(37)39-22-23-12-8-6-9-13-23)34-27(28(35)36)16-18-32-30(38)40-31(2,3)4/h6-15,24,26-27,34H,5,16-22H2,1-4H3,(H,32,38)(H,33,37). The summed E-state index contributed by atoms with van der Waals surface area (Å²) in [6.45, 7) is 9.51. The molecule has 40 heavy (non-hydrogen) atoms. The molecule has 1 saturated heterocycles. The second-order valence-electron chi connectivity index (χ2n) is 11.2. The lowest BCUT2D eigenvalue weighted by molar-refractivity contribution is -0.133. The highest BCUT2D eigenvalue weighted by Crippen LogP contribution is 2.22. The van der Waals surface area contributed by atoms with E-state index >= 15 is 0 Å². The van der Waals surface area contributed by atoms with Crippen LogP contribution in [0.3, 0.4) is 0 Å². The van der Waals surface area contributed by atoms with E-state index in [9.17, 15) is 14.4 Å². The van der Waals surface area contributed by atoms with Gasteiger partial charge in [0.05, 0.1) is 6.04 Å². The molecule has 0 saturated carbocycles. The zero-order chi connectivity index (χ0) is 29.0. The molecule has 3 rings (SSSR count). The van der Waals surface area contributed by atoms with Crippen LogP contribution in [0.2, 0.25) is 0 Å². The van der Waals surface area contributed by atoms with Crippen LogP contribution in [-0.4, -0.2) is 66.9 Å². The Morgan fingerprint density at radius 2 is 1.70 bits per heavy atom. The van der Waals surface area contributed by atoms with E-state index in [1.807, 2.05) is 53.4 Å². The topological polar surface area (TPSA) is 109 Å². The number of hydrogen-bond acceptors (Lipinski definition) is 6. The van der Waals surface area contributed by atoms with Crippen LogP contribution in [-0.2, 0) is 20.9 Å². The summed E-state index contributed by atoms with van der Waals surface area (Å²) >= 11 is 0. The van der Waals surface area contributed by atoms with Crippen LogP contribution in [0, 0.1) is 0 Å². The Balaban J connectivity index is 1.62. The molecule has 0 radical (unpaired) electrons. The van der Waals surface area contributed by atoms with Crippen molar-refractivity contribution in [2.45, 2.75) is 77.2 Å². The fourth-order valence-electron chi connectivity index (χ4n) is 4.71. The van der Waals surface area contributed by atoms with Gasteiger partial charge in [-0.1, -0.05) is 67.6 Å². The first-order chi connectivity index (χ1) is 19.1. The van der Waals surface area contributed by atoms with Crippen molar-refractivity contribution in [3.8, 4) is 0 Å². The summed E-state index contributed by atoms with van der Waals surface area (Å²) in [5.74, 6) is 0.211. The molecule has 0 bridgehead atoms. The van der Waals surface area contributed by atoms with Gasteiger partial charge in [-0.25, -0.2) is 9.59 Å². The van der Waals surface area contributed by atoms with Crippen molar-refractivity contribution in [3.05, 3.63) is 71.8 Å². The van der Waals surface area contributed by atoms with E-state index in [0.29, 0.717) is 32.5 Å². The summed E-state index contributed by atoms with van der Waals surface area (Å²) in [4.78, 5) is 40.1. The van der Waals surface area contributed by atoms with E-state index in [-0.39, 0.29) is 31.0 Å². The SMILES string of the molecule is CCC(CN1CCC(CNC(=O)OCc2ccccc2)NC(CCNC(=O)OC(C)(C)C)C1=O)c1ccccc1. The van der Waals surface area contributed by atoms with Crippen molar-refractivity contribution in [1.82, 2.24) is 20.9 Å². The van der Waals surface area contributed by atoms with Gasteiger partial charge in [0, 0.05) is 38.1 Å². The van der Waals surface area contributed by atoms with Crippen molar-refractivity contribution in [2.24, 2.45) is 0 Å². The largest absolute Gasteiger partial charge is 0.445 e. The predicted octanol–water partition coefficient (Wildman–Crippen LogP) is 4.58. The minimum Gasteiger partial charge on any atom is -0.445 e. The number of nitrogens with one attached hydrogen (secondary N) is 3. The van der Waals surface area contributed by atoms with Gasteiger partial charge in [0.1, 0.15) is 12.2 Å². The van der Waals surface area contributed by atoms with Gasteiger partial charge < -0.3 is 30.3 Å². The van der Waals surface area contributed by atoms with Gasteiger partial charge >= 0.3 is 12.2 Å². The average Bonchev–Trinajstić information content (AvgIpc) is 3.07. The molecule has 9 heteroatoms. The molecule has 218 valence electrons. The van der Waals surface area contributed by atoms with Gasteiger partial charge in [0.25, 0.3) is 0 Å². The van der Waals surface area contributed by atoms with Gasteiger partial charge in [-0.3, -0.25) is 4.79 Å². The molecule has 3 unspecified atom stereocenters. The number of carbonyl (C=O) groups is 3. The van der Waals surface area contributed by atoms with E-state index in [4.69, 9.17) is 9.47 Å². The predicted molar refractivity (Wildman–Crippen MR) is 155 cm³/mol. The lowest BCUT2D eigenvalue weighted by atomic mass is 9.95. The summed E-state index contributed by atoms with van der Waals surface area (Å²) in [6, 6.07) is 19.1.